The SMILES string of the molecule is Cc1ccc(S(=O)(=O)N2Cc3ccc4c(c3C2c2ccccc2)CCC4)cc1. The van der Waals surface area contributed by atoms with Crippen LogP contribution in [0.5, 0.6) is 0 Å². The number of hydrogen-bond donors (Lipinski definition) is 0. The number of hydrogen-bond acceptors (Lipinski definition) is 2. The third-order valence-corrected chi connectivity index (χ3v) is 7.87. The van der Waals surface area contributed by atoms with E-state index in [-0.39, 0.29) is 6.04 Å². The van der Waals surface area contributed by atoms with Crippen LogP contribution in [0.25, 0.3) is 0 Å². The van der Waals surface area contributed by atoms with Gasteiger partial charge in [-0.2, -0.15) is 4.31 Å². The van der Waals surface area contributed by atoms with Gasteiger partial charge in [-0.1, -0.05) is 60.2 Å². The Morgan fingerprint density at radius 2 is 1.57 bits per heavy atom. The molecule has 0 aromatic heterocycles. The van der Waals surface area contributed by atoms with Crippen molar-refractivity contribution in [2.75, 3.05) is 0 Å². The summed E-state index contributed by atoms with van der Waals surface area (Å²) in [5, 5.41) is 0. The molecule has 0 saturated carbocycles. The average molecular weight is 390 g/mol. The van der Waals surface area contributed by atoms with Gasteiger partial charge in [-0.25, -0.2) is 8.42 Å². The molecule has 3 nitrogen and oxygen atoms in total. The second-order valence-corrected chi connectivity index (χ2v) is 9.70. The summed E-state index contributed by atoms with van der Waals surface area (Å²) in [6.45, 7) is 2.40. The fourth-order valence-corrected chi connectivity index (χ4v) is 6.23. The summed E-state index contributed by atoms with van der Waals surface area (Å²) in [5.74, 6) is 0. The minimum atomic E-state index is -3.60. The van der Waals surface area contributed by atoms with Crippen molar-refractivity contribution in [1.29, 1.82) is 0 Å². The second kappa shape index (κ2) is 6.57. The largest absolute Gasteiger partial charge is 0.244 e. The highest BCUT2D eigenvalue weighted by Crippen LogP contribution is 2.46. The molecule has 0 amide bonds. The van der Waals surface area contributed by atoms with Gasteiger partial charge in [0.2, 0.25) is 10.0 Å². The topological polar surface area (TPSA) is 37.4 Å². The lowest BCUT2D eigenvalue weighted by Gasteiger charge is -2.26. The van der Waals surface area contributed by atoms with Crippen LogP contribution in [0, 0.1) is 6.92 Å². The molecule has 1 atom stereocenters. The van der Waals surface area contributed by atoms with Crippen molar-refractivity contribution in [3.05, 3.63) is 100 Å². The number of nitrogens with zero attached hydrogens (tertiary/aromatic N) is 1. The third-order valence-electron chi connectivity index (χ3n) is 6.05. The van der Waals surface area contributed by atoms with Crippen molar-refractivity contribution >= 4 is 10.0 Å². The summed E-state index contributed by atoms with van der Waals surface area (Å²) in [7, 11) is -3.60. The van der Waals surface area contributed by atoms with Crippen molar-refractivity contribution in [3.63, 3.8) is 0 Å². The monoisotopic (exact) mass is 389 g/mol. The summed E-state index contributed by atoms with van der Waals surface area (Å²) in [6.07, 6.45) is 3.28. The fraction of sp³-hybridized carbons (Fsp3) is 0.250. The maximum absolute atomic E-state index is 13.6. The van der Waals surface area contributed by atoms with E-state index in [2.05, 4.69) is 12.1 Å². The van der Waals surface area contributed by atoms with Crippen LogP contribution in [0.1, 0.15) is 45.8 Å². The number of fused-ring (bicyclic) bond motifs is 3. The highest BCUT2D eigenvalue weighted by molar-refractivity contribution is 7.89. The number of aryl methyl sites for hydroxylation is 2. The zero-order chi connectivity index (χ0) is 19.3. The smallest absolute Gasteiger partial charge is 0.207 e. The fourth-order valence-electron chi connectivity index (χ4n) is 4.66. The molecule has 0 fully saturated rings. The van der Waals surface area contributed by atoms with Crippen molar-refractivity contribution in [2.24, 2.45) is 0 Å². The first kappa shape index (κ1) is 17.7. The van der Waals surface area contributed by atoms with Crippen LogP contribution in [0.3, 0.4) is 0 Å². The van der Waals surface area contributed by atoms with Crippen LogP contribution in [0.2, 0.25) is 0 Å². The first-order valence-corrected chi connectivity index (χ1v) is 11.3. The Hall–Kier alpha value is -2.43. The van der Waals surface area contributed by atoms with E-state index < -0.39 is 10.0 Å². The van der Waals surface area contributed by atoms with Crippen molar-refractivity contribution in [3.8, 4) is 0 Å². The standard InChI is InChI=1S/C24H23NO2S/c1-17-10-14-21(15-11-17)28(26,27)25-16-20-13-12-18-8-5-9-22(18)23(20)24(25)19-6-3-2-4-7-19/h2-4,6-7,10-15,24H,5,8-9,16H2,1H3. The van der Waals surface area contributed by atoms with E-state index in [0.717, 1.165) is 36.0 Å². The molecule has 1 aliphatic carbocycles. The quantitative estimate of drug-likeness (QED) is 0.647. The van der Waals surface area contributed by atoms with Crippen molar-refractivity contribution in [1.82, 2.24) is 4.31 Å². The Bertz CT molecular complexity index is 1140. The van der Waals surface area contributed by atoms with E-state index in [0.29, 0.717) is 11.4 Å². The molecule has 1 unspecified atom stereocenters. The molecule has 0 spiro atoms. The van der Waals surface area contributed by atoms with Gasteiger partial charge in [0.05, 0.1) is 10.9 Å². The molecule has 1 aliphatic heterocycles. The molecular formula is C24H23NO2S. The Labute approximate surface area is 166 Å². The molecule has 2 aliphatic rings. The van der Waals surface area contributed by atoms with Gasteiger partial charge in [0.1, 0.15) is 0 Å². The van der Waals surface area contributed by atoms with Gasteiger partial charge in [-0.3, -0.25) is 0 Å². The van der Waals surface area contributed by atoms with Gasteiger partial charge in [-0.05, 0) is 66.1 Å². The Morgan fingerprint density at radius 1 is 0.857 bits per heavy atom. The molecule has 3 aromatic carbocycles. The highest BCUT2D eigenvalue weighted by Gasteiger charge is 2.41. The van der Waals surface area contributed by atoms with E-state index in [1.165, 1.54) is 16.7 Å². The molecular weight excluding hydrogens is 366 g/mol. The molecule has 3 aromatic rings. The van der Waals surface area contributed by atoms with Gasteiger partial charge < -0.3 is 0 Å². The maximum Gasteiger partial charge on any atom is 0.244 e. The van der Waals surface area contributed by atoms with E-state index in [1.54, 1.807) is 16.4 Å². The van der Waals surface area contributed by atoms with E-state index >= 15 is 0 Å². The van der Waals surface area contributed by atoms with E-state index in [9.17, 15) is 8.42 Å². The van der Waals surface area contributed by atoms with Crippen LogP contribution >= 0.6 is 0 Å². The second-order valence-electron chi connectivity index (χ2n) is 7.81. The summed E-state index contributed by atoms with van der Waals surface area (Å²) >= 11 is 0. The highest BCUT2D eigenvalue weighted by atomic mass is 32.2. The Morgan fingerprint density at radius 3 is 2.32 bits per heavy atom. The summed E-state index contributed by atoms with van der Waals surface area (Å²) in [4.78, 5) is 0.364. The first-order chi connectivity index (χ1) is 13.6. The predicted octanol–water partition coefficient (Wildman–Crippen LogP) is 4.78. The summed E-state index contributed by atoms with van der Waals surface area (Å²) in [5.41, 5.74) is 7.21. The third kappa shape index (κ3) is 2.71. The summed E-state index contributed by atoms with van der Waals surface area (Å²) < 4.78 is 28.9. The van der Waals surface area contributed by atoms with Crippen molar-refractivity contribution < 1.29 is 8.42 Å². The molecule has 4 heteroatoms. The lowest BCUT2D eigenvalue weighted by atomic mass is 9.92. The zero-order valence-electron chi connectivity index (χ0n) is 15.9. The molecule has 0 saturated heterocycles. The number of sulfonamides is 1. The number of benzene rings is 3. The lowest BCUT2D eigenvalue weighted by Crippen LogP contribution is -2.30. The Kier molecular flexibility index (Phi) is 4.14. The predicted molar refractivity (Wildman–Crippen MR) is 111 cm³/mol. The van der Waals surface area contributed by atoms with Gasteiger partial charge in [-0.15, -0.1) is 0 Å². The molecule has 1 heterocycles. The molecule has 0 radical (unpaired) electrons. The van der Waals surface area contributed by atoms with Crippen LogP contribution in [-0.2, 0) is 29.4 Å². The molecule has 5 rings (SSSR count). The van der Waals surface area contributed by atoms with Crippen LogP contribution in [-0.4, -0.2) is 12.7 Å². The minimum absolute atomic E-state index is 0.254. The Balaban J connectivity index is 1.69. The van der Waals surface area contributed by atoms with Gasteiger partial charge >= 0.3 is 0 Å². The summed E-state index contributed by atoms with van der Waals surface area (Å²) in [6, 6.07) is 21.3. The van der Waals surface area contributed by atoms with Crippen LogP contribution < -0.4 is 0 Å². The minimum Gasteiger partial charge on any atom is -0.207 e. The first-order valence-electron chi connectivity index (χ1n) is 9.83. The molecule has 0 bridgehead atoms. The normalized spacial score (nSPS) is 18.8. The molecule has 28 heavy (non-hydrogen) atoms. The van der Waals surface area contributed by atoms with Crippen LogP contribution in [0.4, 0.5) is 0 Å². The van der Waals surface area contributed by atoms with Crippen molar-refractivity contribution in [2.45, 2.75) is 43.7 Å². The van der Waals surface area contributed by atoms with Crippen LogP contribution in [0.15, 0.2) is 71.6 Å². The van der Waals surface area contributed by atoms with E-state index in [4.69, 9.17) is 0 Å². The average Bonchev–Trinajstić information content (AvgIpc) is 3.33. The van der Waals surface area contributed by atoms with Gasteiger partial charge in [0.15, 0.2) is 0 Å². The lowest BCUT2D eigenvalue weighted by molar-refractivity contribution is 0.386. The maximum atomic E-state index is 13.6. The zero-order valence-corrected chi connectivity index (χ0v) is 16.7. The number of rotatable bonds is 3. The molecule has 142 valence electrons. The molecule has 0 N–H and O–H groups in total. The van der Waals surface area contributed by atoms with Gasteiger partial charge in [0, 0.05) is 6.54 Å². The van der Waals surface area contributed by atoms with Gasteiger partial charge in [0.25, 0.3) is 0 Å². The van der Waals surface area contributed by atoms with E-state index in [1.807, 2.05) is 49.4 Å².